The third kappa shape index (κ3) is 1.85. The zero-order valence-electron chi connectivity index (χ0n) is 10.2. The van der Waals surface area contributed by atoms with Crippen molar-refractivity contribution >= 4 is 17.4 Å². The first-order chi connectivity index (χ1) is 9.31. The van der Waals surface area contributed by atoms with Crippen LogP contribution in [0.25, 0.3) is 0 Å². The third-order valence-corrected chi connectivity index (χ3v) is 3.06. The predicted octanol–water partition coefficient (Wildman–Crippen LogP) is 1.29. The van der Waals surface area contributed by atoms with Gasteiger partial charge < -0.3 is 5.84 Å². The minimum atomic E-state index is -0.208. The molecule has 2 N–H and O–H groups in total. The van der Waals surface area contributed by atoms with Gasteiger partial charge in [0.1, 0.15) is 5.82 Å². The second kappa shape index (κ2) is 4.53. The van der Waals surface area contributed by atoms with Crippen molar-refractivity contribution in [2.75, 3.05) is 4.90 Å². The van der Waals surface area contributed by atoms with Gasteiger partial charge >= 0.3 is 0 Å². The zero-order valence-corrected chi connectivity index (χ0v) is 10.2. The Morgan fingerprint density at radius 3 is 2.68 bits per heavy atom. The van der Waals surface area contributed by atoms with Gasteiger partial charge in [-0.1, -0.05) is 30.3 Å². The van der Waals surface area contributed by atoms with Crippen molar-refractivity contribution in [3.63, 3.8) is 0 Å². The van der Waals surface area contributed by atoms with E-state index < -0.39 is 0 Å². The molecule has 94 valence electrons. The van der Waals surface area contributed by atoms with Crippen LogP contribution in [0.3, 0.4) is 0 Å². The molecule has 0 atom stereocenters. The van der Waals surface area contributed by atoms with Gasteiger partial charge in [0.2, 0.25) is 0 Å². The molecule has 1 aromatic heterocycles. The summed E-state index contributed by atoms with van der Waals surface area (Å²) in [5.74, 6) is 5.71. The second-order valence-electron chi connectivity index (χ2n) is 4.23. The molecular weight excluding hydrogens is 240 g/mol. The molecule has 0 bridgehead atoms. The van der Waals surface area contributed by atoms with Crippen LogP contribution in [-0.2, 0) is 11.3 Å². The summed E-state index contributed by atoms with van der Waals surface area (Å²) < 4.78 is 0. The standard InChI is InChI=1S/C14H12N4O/c15-17-12-11-7-4-8-16-13(11)18(14(12)19)9-10-5-2-1-3-6-10/h1-8H,9,15H2/b17-12+. The normalized spacial score (nSPS) is 15.9. The fourth-order valence-corrected chi connectivity index (χ4v) is 2.17. The van der Waals surface area contributed by atoms with Crippen LogP contribution in [0.2, 0.25) is 0 Å². The maximum atomic E-state index is 12.3. The Morgan fingerprint density at radius 1 is 1.16 bits per heavy atom. The van der Waals surface area contributed by atoms with E-state index in [1.54, 1.807) is 23.2 Å². The van der Waals surface area contributed by atoms with Crippen molar-refractivity contribution < 1.29 is 4.79 Å². The summed E-state index contributed by atoms with van der Waals surface area (Å²) in [6.45, 7) is 0.461. The molecule has 0 fully saturated rings. The van der Waals surface area contributed by atoms with Crippen LogP contribution in [0.15, 0.2) is 53.8 Å². The summed E-state index contributed by atoms with van der Waals surface area (Å²) in [7, 11) is 0. The highest BCUT2D eigenvalue weighted by Gasteiger charge is 2.34. The lowest BCUT2D eigenvalue weighted by Crippen LogP contribution is -2.30. The molecule has 0 aliphatic carbocycles. The van der Waals surface area contributed by atoms with Gasteiger partial charge in [0, 0.05) is 6.20 Å². The van der Waals surface area contributed by atoms with Crippen molar-refractivity contribution in [3.8, 4) is 0 Å². The molecule has 1 amide bonds. The van der Waals surface area contributed by atoms with Gasteiger partial charge in [-0.15, -0.1) is 0 Å². The summed E-state index contributed by atoms with van der Waals surface area (Å²) in [4.78, 5) is 18.1. The number of nitrogens with zero attached hydrogens (tertiary/aromatic N) is 3. The fraction of sp³-hybridized carbons (Fsp3) is 0.0714. The number of carbonyl (C=O) groups is 1. The molecule has 0 saturated heterocycles. The van der Waals surface area contributed by atoms with E-state index in [-0.39, 0.29) is 11.6 Å². The van der Waals surface area contributed by atoms with Crippen molar-refractivity contribution in [2.45, 2.75) is 6.54 Å². The average molecular weight is 252 g/mol. The monoisotopic (exact) mass is 252 g/mol. The molecule has 2 heterocycles. The van der Waals surface area contributed by atoms with Gasteiger partial charge in [-0.05, 0) is 17.7 Å². The molecule has 2 aromatic rings. The average Bonchev–Trinajstić information content (AvgIpc) is 2.73. The number of hydrogen-bond acceptors (Lipinski definition) is 4. The van der Waals surface area contributed by atoms with Crippen LogP contribution < -0.4 is 10.7 Å². The summed E-state index contributed by atoms with van der Waals surface area (Å²) in [6, 6.07) is 13.3. The molecule has 1 aromatic carbocycles. The van der Waals surface area contributed by atoms with Crippen molar-refractivity contribution in [3.05, 3.63) is 59.8 Å². The maximum Gasteiger partial charge on any atom is 0.280 e. The number of fused-ring (bicyclic) bond motifs is 1. The van der Waals surface area contributed by atoms with E-state index in [9.17, 15) is 4.79 Å². The number of benzene rings is 1. The number of amides is 1. The topological polar surface area (TPSA) is 71.6 Å². The largest absolute Gasteiger partial charge is 0.322 e. The lowest BCUT2D eigenvalue weighted by molar-refractivity contribution is -0.112. The van der Waals surface area contributed by atoms with E-state index in [0.717, 1.165) is 5.56 Å². The Kier molecular flexibility index (Phi) is 2.72. The maximum absolute atomic E-state index is 12.3. The first-order valence-electron chi connectivity index (χ1n) is 5.90. The Bertz CT molecular complexity index is 652. The summed E-state index contributed by atoms with van der Waals surface area (Å²) >= 11 is 0. The summed E-state index contributed by atoms with van der Waals surface area (Å²) in [6.07, 6.45) is 1.66. The number of pyridine rings is 1. The Labute approximate surface area is 110 Å². The van der Waals surface area contributed by atoms with Gasteiger partial charge in [-0.2, -0.15) is 5.10 Å². The van der Waals surface area contributed by atoms with Crippen LogP contribution in [0.1, 0.15) is 11.1 Å². The second-order valence-corrected chi connectivity index (χ2v) is 4.23. The zero-order chi connectivity index (χ0) is 13.2. The molecule has 1 aliphatic rings. The van der Waals surface area contributed by atoms with Crippen LogP contribution in [-0.4, -0.2) is 16.6 Å². The van der Waals surface area contributed by atoms with Gasteiger partial charge in [0.25, 0.3) is 5.91 Å². The van der Waals surface area contributed by atoms with Crippen molar-refractivity contribution in [1.29, 1.82) is 0 Å². The first-order valence-corrected chi connectivity index (χ1v) is 5.90. The highest BCUT2D eigenvalue weighted by molar-refractivity contribution is 6.54. The molecule has 19 heavy (non-hydrogen) atoms. The number of nitrogens with two attached hydrogens (primary N) is 1. The third-order valence-electron chi connectivity index (χ3n) is 3.06. The number of anilines is 1. The van der Waals surface area contributed by atoms with E-state index in [1.807, 2.05) is 30.3 Å². The first kappa shape index (κ1) is 11.4. The van der Waals surface area contributed by atoms with E-state index in [1.165, 1.54) is 0 Å². The number of hydrogen-bond donors (Lipinski definition) is 1. The van der Waals surface area contributed by atoms with Gasteiger partial charge in [-0.3, -0.25) is 9.69 Å². The van der Waals surface area contributed by atoms with Crippen LogP contribution in [0, 0.1) is 0 Å². The van der Waals surface area contributed by atoms with Crippen molar-refractivity contribution in [2.24, 2.45) is 10.9 Å². The number of rotatable bonds is 2. The molecule has 3 rings (SSSR count). The van der Waals surface area contributed by atoms with Gasteiger partial charge in [0.05, 0.1) is 12.1 Å². The van der Waals surface area contributed by atoms with E-state index in [0.29, 0.717) is 17.9 Å². The van der Waals surface area contributed by atoms with Gasteiger partial charge in [0.15, 0.2) is 5.71 Å². The predicted molar refractivity (Wildman–Crippen MR) is 72.6 cm³/mol. The number of hydrazone groups is 1. The lowest BCUT2D eigenvalue weighted by Gasteiger charge is -2.15. The number of carbonyl (C=O) groups excluding carboxylic acids is 1. The van der Waals surface area contributed by atoms with E-state index in [4.69, 9.17) is 5.84 Å². The molecule has 0 radical (unpaired) electrons. The smallest absolute Gasteiger partial charge is 0.280 e. The van der Waals surface area contributed by atoms with Crippen LogP contribution >= 0.6 is 0 Å². The van der Waals surface area contributed by atoms with E-state index in [2.05, 4.69) is 10.1 Å². The molecule has 0 spiro atoms. The summed E-state index contributed by atoms with van der Waals surface area (Å²) in [5, 5.41) is 3.59. The van der Waals surface area contributed by atoms with Crippen molar-refractivity contribution in [1.82, 2.24) is 4.98 Å². The van der Waals surface area contributed by atoms with Crippen LogP contribution in [0.4, 0.5) is 5.82 Å². The molecular formula is C14H12N4O. The molecule has 1 aliphatic heterocycles. The highest BCUT2D eigenvalue weighted by Crippen LogP contribution is 2.27. The quantitative estimate of drug-likeness (QED) is 0.646. The Balaban J connectivity index is 2.01. The Morgan fingerprint density at radius 2 is 1.95 bits per heavy atom. The van der Waals surface area contributed by atoms with E-state index >= 15 is 0 Å². The minimum Gasteiger partial charge on any atom is -0.322 e. The SMILES string of the molecule is N/N=C1/C(=O)N(Cc2ccccc2)c2ncccc21. The molecule has 5 heteroatoms. The fourth-order valence-electron chi connectivity index (χ4n) is 2.17. The molecule has 0 unspecified atom stereocenters. The van der Waals surface area contributed by atoms with Crippen LogP contribution in [0.5, 0.6) is 0 Å². The lowest BCUT2D eigenvalue weighted by atomic mass is 10.2. The minimum absolute atomic E-state index is 0.208. The Hall–Kier alpha value is -2.69. The number of aromatic nitrogens is 1. The molecule has 0 saturated carbocycles. The highest BCUT2D eigenvalue weighted by atomic mass is 16.2. The molecule has 5 nitrogen and oxygen atoms in total. The summed E-state index contributed by atoms with van der Waals surface area (Å²) in [5.41, 5.74) is 1.98. The van der Waals surface area contributed by atoms with Gasteiger partial charge in [-0.25, -0.2) is 4.98 Å².